The summed E-state index contributed by atoms with van der Waals surface area (Å²) in [7, 11) is 0. The minimum atomic E-state index is 0. The van der Waals surface area contributed by atoms with Crippen molar-refractivity contribution in [3.05, 3.63) is 21.3 Å². The molecule has 0 aliphatic heterocycles. The Labute approximate surface area is 176 Å². The van der Waals surface area contributed by atoms with Crippen LogP contribution in [0.25, 0.3) is 21.3 Å². The first-order valence-electron chi connectivity index (χ1n) is 10.1. The molecule has 26 heavy (non-hydrogen) atoms. The number of rotatable bonds is 11. The molecular weight excluding hydrogens is 367 g/mol. The molecule has 0 aliphatic carbocycles. The summed E-state index contributed by atoms with van der Waals surface area (Å²) in [6.07, 6.45) is 1.25. The van der Waals surface area contributed by atoms with Gasteiger partial charge in [0.05, 0.1) is 0 Å². The molecule has 0 spiro atoms. The van der Waals surface area contributed by atoms with Gasteiger partial charge in [-0.3, -0.25) is 0 Å². The normalized spacial score (nSPS) is 15.1. The molecule has 0 aromatic carbocycles. The Balaban J connectivity index is -0.000000422. The van der Waals surface area contributed by atoms with Gasteiger partial charge in [-0.25, -0.2) is 6.17 Å². The van der Waals surface area contributed by atoms with E-state index in [2.05, 4.69) is 83.6 Å². The summed E-state index contributed by atoms with van der Waals surface area (Å²) in [4.78, 5) is 0. The predicted octanol–water partition coefficient (Wildman–Crippen LogP) is 7.11. The molecule has 0 aromatic rings. The smallest absolute Gasteiger partial charge is 0 e. The van der Waals surface area contributed by atoms with Gasteiger partial charge in [-0.1, -0.05) is 87.5 Å². The van der Waals surface area contributed by atoms with Crippen molar-refractivity contribution in [3.63, 3.8) is 0 Å². The zero-order valence-corrected chi connectivity index (χ0v) is 20.4. The van der Waals surface area contributed by atoms with Gasteiger partial charge in [0, 0.05) is 16.8 Å². The monoisotopic (exact) mass is 413 g/mol. The van der Waals surface area contributed by atoms with Crippen LogP contribution < -0.4 is 0 Å². The maximum absolute atomic E-state index is 4.63. The maximum atomic E-state index is 4.63. The Morgan fingerprint density at radius 2 is 1.08 bits per heavy atom. The van der Waals surface area contributed by atoms with E-state index in [0.717, 1.165) is 26.1 Å². The molecule has 0 bridgehead atoms. The van der Waals surface area contributed by atoms with Gasteiger partial charge in [-0.2, -0.15) is 6.54 Å². The van der Waals surface area contributed by atoms with Gasteiger partial charge in [0.25, 0.3) is 0 Å². The third-order valence-corrected chi connectivity index (χ3v) is 3.27. The number of nitrogens with zero attached hydrogens (tertiary/aromatic N) is 4. The van der Waals surface area contributed by atoms with Crippen LogP contribution in [0.2, 0.25) is 0 Å². The quantitative estimate of drug-likeness (QED) is 0.347. The van der Waals surface area contributed by atoms with Crippen LogP contribution in [0.1, 0.15) is 82.6 Å². The van der Waals surface area contributed by atoms with E-state index in [1.54, 1.807) is 0 Å². The second kappa shape index (κ2) is 17.4. The molecule has 0 saturated carbocycles. The van der Waals surface area contributed by atoms with Crippen LogP contribution in [0.4, 0.5) is 0 Å². The Morgan fingerprint density at radius 3 is 1.35 bits per heavy atom. The Kier molecular flexibility index (Phi) is 20.8. The zero-order valence-electron chi connectivity index (χ0n) is 19.3. The SMILES string of the molecule is CC(C)C[N-]C(C)CC(C)[N-]CC(C)C.CC[N-]C(C)[N-]C(C)(C)C.[Co]. The van der Waals surface area contributed by atoms with E-state index >= 15 is 0 Å². The molecule has 3 atom stereocenters. The van der Waals surface area contributed by atoms with Gasteiger partial charge in [-0.15, -0.1) is 37.6 Å². The first-order valence-corrected chi connectivity index (χ1v) is 10.1. The molecule has 0 aliphatic rings. The summed E-state index contributed by atoms with van der Waals surface area (Å²) in [5.74, 6) is 1.35. The van der Waals surface area contributed by atoms with Crippen molar-refractivity contribution in [2.75, 3.05) is 19.6 Å². The Morgan fingerprint density at radius 1 is 0.692 bits per heavy atom. The van der Waals surface area contributed by atoms with E-state index in [0.29, 0.717) is 23.9 Å². The van der Waals surface area contributed by atoms with Crippen molar-refractivity contribution >= 4 is 0 Å². The van der Waals surface area contributed by atoms with Crippen molar-refractivity contribution in [2.45, 2.75) is 106 Å². The van der Waals surface area contributed by atoms with Crippen molar-refractivity contribution in [1.82, 2.24) is 0 Å². The van der Waals surface area contributed by atoms with E-state index in [-0.39, 0.29) is 28.5 Å². The first-order chi connectivity index (χ1) is 11.4. The number of hydrogen-bond acceptors (Lipinski definition) is 0. The van der Waals surface area contributed by atoms with Crippen LogP contribution in [-0.2, 0) is 16.8 Å². The molecule has 0 fully saturated rings. The van der Waals surface area contributed by atoms with E-state index in [1.807, 2.05) is 13.8 Å². The summed E-state index contributed by atoms with van der Waals surface area (Å²) < 4.78 is 0. The zero-order chi connectivity index (χ0) is 20.0. The summed E-state index contributed by atoms with van der Waals surface area (Å²) in [5.41, 5.74) is 0.0537. The average Bonchev–Trinajstić information content (AvgIpc) is 2.42. The molecule has 0 heterocycles. The minimum absolute atomic E-state index is 0. The maximum Gasteiger partial charge on any atom is 0 e. The standard InChI is InChI=1S/C13H28N2.C8H18N2.Co/c1-10(2)8-14-12(5)7-13(6)15-9-11(3)4;1-6-9-7(2)10-8(3,4)5;/h10-13H,7-9H2,1-6H3;7H,6H2,1-5H3;/q2*-2;. The van der Waals surface area contributed by atoms with Crippen molar-refractivity contribution in [2.24, 2.45) is 11.8 Å². The predicted molar refractivity (Wildman–Crippen MR) is 116 cm³/mol. The van der Waals surface area contributed by atoms with Crippen molar-refractivity contribution < 1.29 is 16.8 Å². The molecule has 0 amide bonds. The molecule has 4 nitrogen and oxygen atoms in total. The fraction of sp³-hybridized carbons (Fsp3) is 1.00. The third-order valence-electron chi connectivity index (χ3n) is 3.27. The van der Waals surface area contributed by atoms with Gasteiger partial charge in [-0.05, 0) is 0 Å². The van der Waals surface area contributed by atoms with Gasteiger partial charge in [0.1, 0.15) is 0 Å². The summed E-state index contributed by atoms with van der Waals surface area (Å²) in [6, 6.07) is 0.914. The molecule has 0 aromatic heterocycles. The number of hydrogen-bond donors (Lipinski definition) is 0. The van der Waals surface area contributed by atoms with Crippen LogP contribution in [0.3, 0.4) is 0 Å². The molecule has 0 saturated heterocycles. The van der Waals surface area contributed by atoms with Gasteiger partial charge >= 0.3 is 0 Å². The summed E-state index contributed by atoms with van der Waals surface area (Å²) in [5, 5.41) is 17.9. The second-order valence-corrected chi connectivity index (χ2v) is 8.88. The van der Waals surface area contributed by atoms with Crippen molar-refractivity contribution in [3.8, 4) is 0 Å². The van der Waals surface area contributed by atoms with Gasteiger partial charge in [0.15, 0.2) is 0 Å². The third kappa shape index (κ3) is 26.6. The van der Waals surface area contributed by atoms with Crippen molar-refractivity contribution in [1.29, 1.82) is 0 Å². The first kappa shape index (κ1) is 31.1. The molecule has 3 unspecified atom stereocenters. The molecular formula is C21H46CoN4-4. The van der Waals surface area contributed by atoms with E-state index < -0.39 is 0 Å². The summed E-state index contributed by atoms with van der Waals surface area (Å²) >= 11 is 0. The van der Waals surface area contributed by atoms with Crippen LogP contribution >= 0.6 is 0 Å². The van der Waals surface area contributed by atoms with Gasteiger partial charge in [0.2, 0.25) is 0 Å². The molecule has 5 heteroatoms. The van der Waals surface area contributed by atoms with Crippen LogP contribution in [-0.4, -0.2) is 43.4 Å². The fourth-order valence-electron chi connectivity index (χ4n) is 2.29. The topological polar surface area (TPSA) is 56.4 Å². The molecule has 0 rings (SSSR count). The Hall–Kier alpha value is 0.346. The van der Waals surface area contributed by atoms with Crippen LogP contribution in [0.5, 0.6) is 0 Å². The second-order valence-electron chi connectivity index (χ2n) is 8.88. The van der Waals surface area contributed by atoms with Crippen LogP contribution in [0.15, 0.2) is 0 Å². The molecule has 0 N–H and O–H groups in total. The Bertz CT molecular complexity index is 274. The van der Waals surface area contributed by atoms with Gasteiger partial charge < -0.3 is 21.3 Å². The fourth-order valence-corrected chi connectivity index (χ4v) is 2.29. The minimum Gasteiger partial charge on any atom is -0.678 e. The van der Waals surface area contributed by atoms with Crippen LogP contribution in [0, 0.1) is 11.8 Å². The molecule has 1 radical (unpaired) electrons. The average molecular weight is 414 g/mol. The summed E-state index contributed by atoms with van der Waals surface area (Å²) in [6.45, 7) is 26.4. The largest absolute Gasteiger partial charge is 0.678 e. The van der Waals surface area contributed by atoms with E-state index in [1.165, 1.54) is 0 Å². The van der Waals surface area contributed by atoms with E-state index in [4.69, 9.17) is 0 Å². The van der Waals surface area contributed by atoms with E-state index in [9.17, 15) is 0 Å². The molecule has 163 valence electrons.